The molecule has 2 aromatic rings. The molecule has 0 spiro atoms. The summed E-state index contributed by atoms with van der Waals surface area (Å²) < 4.78 is 0. The van der Waals surface area contributed by atoms with Crippen LogP contribution >= 0.6 is 0 Å². The van der Waals surface area contributed by atoms with E-state index in [4.69, 9.17) is 4.98 Å². The fraction of sp³-hybridized carbons (Fsp3) is 0.577. The highest BCUT2D eigenvalue weighted by atomic mass is 16.2. The van der Waals surface area contributed by atoms with Gasteiger partial charge >= 0.3 is 0 Å². The van der Waals surface area contributed by atoms with Crippen LogP contribution in [-0.4, -0.2) is 51.4 Å². The summed E-state index contributed by atoms with van der Waals surface area (Å²) >= 11 is 0. The van der Waals surface area contributed by atoms with Crippen LogP contribution in [0.2, 0.25) is 0 Å². The SMILES string of the molecule is C[C@@H](C(=O)N1CC[C@@H](c2nc3c(c(=O)[nH]2)CCN(C2CCCCC2)C3)C1)c1ccccc1. The fourth-order valence-electron chi connectivity index (χ4n) is 5.77. The third kappa shape index (κ3) is 4.25. The molecule has 0 unspecified atom stereocenters. The molecule has 3 aliphatic rings. The molecule has 5 rings (SSSR count). The van der Waals surface area contributed by atoms with Crippen LogP contribution < -0.4 is 5.56 Å². The van der Waals surface area contributed by atoms with E-state index in [2.05, 4.69) is 9.88 Å². The van der Waals surface area contributed by atoms with E-state index < -0.39 is 0 Å². The Bertz CT molecular complexity index is 1010. The molecular formula is C26H34N4O2. The summed E-state index contributed by atoms with van der Waals surface area (Å²) in [4.78, 5) is 38.4. The second-order valence-electron chi connectivity index (χ2n) is 9.79. The molecule has 32 heavy (non-hydrogen) atoms. The summed E-state index contributed by atoms with van der Waals surface area (Å²) in [5.74, 6) is 0.865. The molecule has 2 atom stereocenters. The third-order valence-electron chi connectivity index (χ3n) is 7.77. The van der Waals surface area contributed by atoms with Crippen molar-refractivity contribution in [3.63, 3.8) is 0 Å². The highest BCUT2D eigenvalue weighted by Gasteiger charge is 2.33. The van der Waals surface area contributed by atoms with Gasteiger partial charge in [-0.25, -0.2) is 4.98 Å². The van der Waals surface area contributed by atoms with Crippen molar-refractivity contribution in [1.29, 1.82) is 0 Å². The van der Waals surface area contributed by atoms with E-state index >= 15 is 0 Å². The van der Waals surface area contributed by atoms with E-state index in [0.717, 1.165) is 55.1 Å². The van der Waals surface area contributed by atoms with Gasteiger partial charge in [-0.1, -0.05) is 49.6 Å². The number of hydrogen-bond donors (Lipinski definition) is 1. The van der Waals surface area contributed by atoms with Gasteiger partial charge in [0.05, 0.1) is 11.6 Å². The molecule has 1 aromatic heterocycles. The number of aromatic amines is 1. The first-order valence-corrected chi connectivity index (χ1v) is 12.3. The topological polar surface area (TPSA) is 69.3 Å². The van der Waals surface area contributed by atoms with E-state index in [9.17, 15) is 9.59 Å². The minimum absolute atomic E-state index is 0.0238. The van der Waals surface area contributed by atoms with Crippen LogP contribution in [0.5, 0.6) is 0 Å². The van der Waals surface area contributed by atoms with E-state index in [1.807, 2.05) is 42.2 Å². The summed E-state index contributed by atoms with van der Waals surface area (Å²) in [6, 6.07) is 10.6. The Balaban J connectivity index is 1.29. The van der Waals surface area contributed by atoms with Crippen LogP contribution in [0.25, 0.3) is 0 Å². The van der Waals surface area contributed by atoms with Gasteiger partial charge in [-0.15, -0.1) is 0 Å². The lowest BCUT2D eigenvalue weighted by Gasteiger charge is -2.37. The third-order valence-corrected chi connectivity index (χ3v) is 7.77. The summed E-state index contributed by atoms with van der Waals surface area (Å²) in [7, 11) is 0. The molecule has 6 nitrogen and oxygen atoms in total. The van der Waals surface area contributed by atoms with Gasteiger partial charge in [-0.2, -0.15) is 0 Å². The van der Waals surface area contributed by atoms with Crippen molar-refractivity contribution < 1.29 is 4.79 Å². The van der Waals surface area contributed by atoms with Crippen LogP contribution in [-0.2, 0) is 17.8 Å². The van der Waals surface area contributed by atoms with Crippen LogP contribution in [0.1, 0.15) is 79.9 Å². The van der Waals surface area contributed by atoms with Gasteiger partial charge in [0.15, 0.2) is 0 Å². The molecule has 6 heteroatoms. The zero-order valence-corrected chi connectivity index (χ0v) is 19.1. The lowest BCUT2D eigenvalue weighted by atomic mass is 9.92. The number of H-pyrrole nitrogens is 1. The smallest absolute Gasteiger partial charge is 0.254 e. The zero-order valence-electron chi connectivity index (χ0n) is 19.1. The standard InChI is InChI=1S/C26H34N4O2/c1-18(19-8-4-2-5-9-19)26(32)30-14-12-20(16-30)24-27-23-17-29(21-10-6-3-7-11-21)15-13-22(23)25(31)28-24/h2,4-5,8-9,18,20-21H,3,6-7,10-17H2,1H3,(H,27,28,31)/t18-,20-/m1/s1. The molecule has 170 valence electrons. The maximum Gasteiger partial charge on any atom is 0.254 e. The molecule has 1 amide bonds. The number of fused-ring (bicyclic) bond motifs is 1. The average molecular weight is 435 g/mol. The van der Waals surface area contributed by atoms with Crippen molar-refractivity contribution in [3.8, 4) is 0 Å². The van der Waals surface area contributed by atoms with Crippen molar-refractivity contribution >= 4 is 5.91 Å². The molecule has 1 N–H and O–H groups in total. The molecule has 1 saturated heterocycles. The Morgan fingerprint density at radius 3 is 2.66 bits per heavy atom. The predicted molar refractivity (Wildman–Crippen MR) is 125 cm³/mol. The van der Waals surface area contributed by atoms with Gasteiger partial charge in [-0.3, -0.25) is 14.5 Å². The zero-order chi connectivity index (χ0) is 22.1. The molecule has 0 bridgehead atoms. The lowest BCUT2D eigenvalue weighted by Crippen LogP contribution is -2.42. The second kappa shape index (κ2) is 9.18. The molecule has 2 fully saturated rings. The minimum Gasteiger partial charge on any atom is -0.341 e. The van der Waals surface area contributed by atoms with E-state index in [0.29, 0.717) is 12.6 Å². The largest absolute Gasteiger partial charge is 0.341 e. The maximum atomic E-state index is 13.1. The molecule has 1 saturated carbocycles. The van der Waals surface area contributed by atoms with Crippen LogP contribution in [0.15, 0.2) is 35.1 Å². The summed E-state index contributed by atoms with van der Waals surface area (Å²) in [5.41, 5.74) is 2.90. The molecular weight excluding hydrogens is 400 g/mol. The molecule has 1 aliphatic carbocycles. The highest BCUT2D eigenvalue weighted by Crippen LogP contribution is 2.30. The Morgan fingerprint density at radius 1 is 1.09 bits per heavy atom. The number of likely N-dealkylation sites (tertiary alicyclic amines) is 1. The predicted octanol–water partition coefficient (Wildman–Crippen LogP) is 3.58. The van der Waals surface area contributed by atoms with E-state index in [1.165, 1.54) is 32.1 Å². The summed E-state index contributed by atoms with van der Waals surface area (Å²) in [6.07, 6.45) is 8.16. The highest BCUT2D eigenvalue weighted by molar-refractivity contribution is 5.83. The Hall–Kier alpha value is -2.47. The van der Waals surface area contributed by atoms with Crippen molar-refractivity contribution in [3.05, 3.63) is 63.3 Å². The number of nitrogens with zero attached hydrogens (tertiary/aromatic N) is 3. The van der Waals surface area contributed by atoms with Crippen LogP contribution in [0, 0.1) is 0 Å². The first-order valence-electron chi connectivity index (χ1n) is 12.3. The molecule has 3 heterocycles. The van der Waals surface area contributed by atoms with Crippen molar-refractivity contribution in [2.75, 3.05) is 19.6 Å². The lowest BCUT2D eigenvalue weighted by molar-refractivity contribution is -0.131. The van der Waals surface area contributed by atoms with Gasteiger partial charge < -0.3 is 9.88 Å². The maximum absolute atomic E-state index is 13.1. The first kappa shape index (κ1) is 21.4. The number of amides is 1. The quantitative estimate of drug-likeness (QED) is 0.799. The van der Waals surface area contributed by atoms with Gasteiger partial charge in [0.1, 0.15) is 5.82 Å². The fourth-order valence-corrected chi connectivity index (χ4v) is 5.77. The minimum atomic E-state index is -0.158. The van der Waals surface area contributed by atoms with E-state index in [1.54, 1.807) is 0 Å². The Morgan fingerprint density at radius 2 is 1.88 bits per heavy atom. The van der Waals surface area contributed by atoms with Crippen molar-refractivity contribution in [1.82, 2.24) is 19.8 Å². The normalized spacial score (nSPS) is 23.2. The number of benzene rings is 1. The summed E-state index contributed by atoms with van der Waals surface area (Å²) in [6.45, 7) is 5.08. The molecule has 1 aromatic carbocycles. The number of nitrogens with one attached hydrogen (secondary N) is 1. The van der Waals surface area contributed by atoms with Crippen LogP contribution in [0.3, 0.4) is 0 Å². The van der Waals surface area contributed by atoms with Gasteiger partial charge in [0.2, 0.25) is 5.91 Å². The van der Waals surface area contributed by atoms with Crippen molar-refractivity contribution in [2.45, 2.75) is 76.3 Å². The average Bonchev–Trinajstić information content (AvgIpc) is 3.34. The van der Waals surface area contributed by atoms with Gasteiger partial charge in [-0.05, 0) is 38.2 Å². The van der Waals surface area contributed by atoms with Crippen molar-refractivity contribution in [2.24, 2.45) is 0 Å². The number of hydrogen-bond acceptors (Lipinski definition) is 4. The number of carbonyl (C=O) groups is 1. The Kier molecular flexibility index (Phi) is 6.13. The van der Waals surface area contributed by atoms with Gasteiger partial charge in [0, 0.05) is 43.7 Å². The van der Waals surface area contributed by atoms with Crippen LogP contribution in [0.4, 0.5) is 0 Å². The second-order valence-corrected chi connectivity index (χ2v) is 9.79. The number of carbonyl (C=O) groups excluding carboxylic acids is 1. The molecule has 2 aliphatic heterocycles. The Labute approximate surface area is 190 Å². The number of rotatable bonds is 4. The number of aromatic nitrogens is 2. The summed E-state index contributed by atoms with van der Waals surface area (Å²) in [5, 5.41) is 0. The monoisotopic (exact) mass is 434 g/mol. The van der Waals surface area contributed by atoms with E-state index in [-0.39, 0.29) is 23.3 Å². The van der Waals surface area contributed by atoms with Gasteiger partial charge in [0.25, 0.3) is 5.56 Å². The molecule has 0 radical (unpaired) electrons. The first-order chi connectivity index (χ1) is 15.6.